The van der Waals surface area contributed by atoms with Gasteiger partial charge in [-0.25, -0.2) is 8.42 Å². The summed E-state index contributed by atoms with van der Waals surface area (Å²) < 4.78 is 62.9. The lowest BCUT2D eigenvalue weighted by Gasteiger charge is -2.26. The number of halogens is 4. The van der Waals surface area contributed by atoms with Gasteiger partial charge in [0.15, 0.2) is 0 Å². The van der Waals surface area contributed by atoms with E-state index in [0.717, 1.165) is 0 Å². The minimum absolute atomic E-state index is 0.0111. The average Bonchev–Trinajstić information content (AvgIpc) is 2.66. The molecule has 5 nitrogen and oxygen atoms in total. The van der Waals surface area contributed by atoms with Crippen molar-refractivity contribution in [3.8, 4) is 0 Å². The minimum atomic E-state index is -4.63. The van der Waals surface area contributed by atoms with E-state index in [4.69, 9.17) is 11.6 Å². The smallest absolute Gasteiger partial charge is 0.281 e. The molecule has 1 heterocycles. The van der Waals surface area contributed by atoms with E-state index in [0.29, 0.717) is 4.31 Å². The molecular weight excluding hydrogens is 319 g/mol. The van der Waals surface area contributed by atoms with Crippen LogP contribution in [-0.4, -0.2) is 41.7 Å². The Hall–Kier alpha value is -0.800. The lowest BCUT2D eigenvalue weighted by Crippen LogP contribution is -2.43. The first-order valence-electron chi connectivity index (χ1n) is 5.69. The zero-order valence-electron chi connectivity index (χ0n) is 11.1. The van der Waals surface area contributed by atoms with Crippen LogP contribution in [0.3, 0.4) is 0 Å². The van der Waals surface area contributed by atoms with Crippen LogP contribution in [-0.2, 0) is 15.9 Å². The van der Waals surface area contributed by atoms with Crippen LogP contribution in [0.25, 0.3) is 0 Å². The number of sulfonamides is 1. The molecule has 116 valence electrons. The lowest BCUT2D eigenvalue weighted by molar-refractivity contribution is -0.138. The van der Waals surface area contributed by atoms with Gasteiger partial charge in [-0.15, -0.1) is 11.6 Å². The highest BCUT2D eigenvalue weighted by Gasteiger charge is 2.40. The monoisotopic (exact) mass is 333 g/mol. The SMILES string of the molecule is Cc1[nH]nc(CCl)c1S(=O)(=O)N(CC(F)(F)F)C(C)C. The van der Waals surface area contributed by atoms with Crippen molar-refractivity contribution in [2.45, 2.75) is 43.8 Å². The lowest BCUT2D eigenvalue weighted by atomic mass is 10.4. The summed E-state index contributed by atoms with van der Waals surface area (Å²) in [6.07, 6.45) is -4.63. The molecule has 0 spiro atoms. The van der Waals surface area contributed by atoms with Crippen molar-refractivity contribution in [3.63, 3.8) is 0 Å². The summed E-state index contributed by atoms with van der Waals surface area (Å²) in [5.41, 5.74) is 0.172. The van der Waals surface area contributed by atoms with Crippen molar-refractivity contribution in [1.82, 2.24) is 14.5 Å². The van der Waals surface area contributed by atoms with Crippen LogP contribution in [0.1, 0.15) is 25.2 Å². The maximum atomic E-state index is 12.6. The highest BCUT2D eigenvalue weighted by molar-refractivity contribution is 7.89. The van der Waals surface area contributed by atoms with Gasteiger partial charge in [-0.3, -0.25) is 5.10 Å². The number of aromatic amines is 1. The van der Waals surface area contributed by atoms with E-state index in [-0.39, 0.29) is 22.2 Å². The molecule has 1 aromatic rings. The second-order valence-electron chi connectivity index (χ2n) is 4.52. The number of H-pyrrole nitrogens is 1. The Morgan fingerprint density at radius 2 is 1.95 bits per heavy atom. The highest BCUT2D eigenvalue weighted by atomic mass is 35.5. The zero-order chi connectivity index (χ0) is 15.7. The van der Waals surface area contributed by atoms with Gasteiger partial charge in [0.25, 0.3) is 0 Å². The molecule has 0 aliphatic heterocycles. The first-order chi connectivity index (χ1) is 9.00. The van der Waals surface area contributed by atoms with E-state index in [1.165, 1.54) is 20.8 Å². The highest BCUT2D eigenvalue weighted by Crippen LogP contribution is 2.28. The van der Waals surface area contributed by atoms with E-state index >= 15 is 0 Å². The van der Waals surface area contributed by atoms with E-state index in [9.17, 15) is 21.6 Å². The summed E-state index contributed by atoms with van der Waals surface area (Å²) in [6.45, 7) is 2.61. The average molecular weight is 334 g/mol. The maximum Gasteiger partial charge on any atom is 0.402 e. The number of nitrogens with zero attached hydrogens (tertiary/aromatic N) is 2. The number of hydrogen-bond donors (Lipinski definition) is 1. The fraction of sp³-hybridized carbons (Fsp3) is 0.700. The summed E-state index contributed by atoms with van der Waals surface area (Å²) >= 11 is 5.58. The summed E-state index contributed by atoms with van der Waals surface area (Å²) in [5, 5.41) is 6.12. The third kappa shape index (κ3) is 3.64. The molecule has 1 rings (SSSR count). The normalized spacial score (nSPS) is 13.4. The molecule has 0 bridgehead atoms. The molecule has 0 atom stereocenters. The molecule has 0 saturated carbocycles. The number of aromatic nitrogens is 2. The zero-order valence-corrected chi connectivity index (χ0v) is 12.7. The van der Waals surface area contributed by atoms with Crippen LogP contribution in [0, 0.1) is 6.92 Å². The molecule has 0 saturated heterocycles. The molecular formula is C10H15ClF3N3O2S. The quantitative estimate of drug-likeness (QED) is 0.841. The Kier molecular flexibility index (Phi) is 5.09. The number of rotatable bonds is 5. The standard InChI is InChI=1S/C10H15ClF3N3O2S/c1-6(2)17(5-10(12,13)14)20(18,19)9-7(3)15-16-8(9)4-11/h6H,4-5H2,1-3H3,(H,15,16). The van der Waals surface area contributed by atoms with Gasteiger partial charge in [0, 0.05) is 6.04 Å². The van der Waals surface area contributed by atoms with Crippen molar-refractivity contribution in [2.24, 2.45) is 0 Å². The van der Waals surface area contributed by atoms with Gasteiger partial charge in [-0.2, -0.15) is 22.6 Å². The number of hydrogen-bond acceptors (Lipinski definition) is 3. The van der Waals surface area contributed by atoms with Gasteiger partial charge in [0.05, 0.1) is 17.3 Å². The van der Waals surface area contributed by atoms with Gasteiger partial charge in [-0.1, -0.05) is 0 Å². The fourth-order valence-electron chi connectivity index (χ4n) is 1.74. The second kappa shape index (κ2) is 5.90. The summed E-state index contributed by atoms with van der Waals surface area (Å²) in [5.74, 6) is -0.211. The van der Waals surface area contributed by atoms with Crippen LogP contribution < -0.4 is 0 Å². The van der Waals surface area contributed by atoms with Crippen LogP contribution in [0.15, 0.2) is 4.90 Å². The first-order valence-corrected chi connectivity index (χ1v) is 7.66. The van der Waals surface area contributed by atoms with Gasteiger partial charge in [0.1, 0.15) is 11.4 Å². The summed E-state index contributed by atoms with van der Waals surface area (Å²) in [4.78, 5) is -0.287. The third-order valence-corrected chi connectivity index (χ3v) is 5.04. The molecule has 0 aromatic carbocycles. The van der Waals surface area contributed by atoms with Crippen molar-refractivity contribution >= 4 is 21.6 Å². The van der Waals surface area contributed by atoms with Crippen molar-refractivity contribution in [1.29, 1.82) is 0 Å². The molecule has 10 heteroatoms. The molecule has 20 heavy (non-hydrogen) atoms. The van der Waals surface area contributed by atoms with Crippen LogP contribution in [0.2, 0.25) is 0 Å². The van der Waals surface area contributed by atoms with Crippen LogP contribution >= 0.6 is 11.6 Å². The molecule has 0 aliphatic rings. The Bertz CT molecular complexity index is 569. The summed E-state index contributed by atoms with van der Waals surface area (Å²) in [6, 6.07) is -0.848. The molecule has 0 amide bonds. The predicted octanol–water partition coefficient (Wildman–Crippen LogP) is 2.42. The topological polar surface area (TPSA) is 66.1 Å². The van der Waals surface area contributed by atoms with E-state index in [1.54, 1.807) is 0 Å². The fourth-order valence-corrected chi connectivity index (χ4v) is 3.97. The number of nitrogens with one attached hydrogen (secondary N) is 1. The van der Waals surface area contributed by atoms with Crippen molar-refractivity contribution in [3.05, 3.63) is 11.4 Å². The molecule has 1 aromatic heterocycles. The van der Waals surface area contributed by atoms with Gasteiger partial charge in [-0.05, 0) is 20.8 Å². The first kappa shape index (κ1) is 17.3. The second-order valence-corrected chi connectivity index (χ2v) is 6.61. The Morgan fingerprint density at radius 1 is 1.40 bits per heavy atom. The Morgan fingerprint density at radius 3 is 2.35 bits per heavy atom. The molecule has 0 fully saturated rings. The van der Waals surface area contributed by atoms with Crippen LogP contribution in [0.5, 0.6) is 0 Å². The molecule has 1 N–H and O–H groups in total. The van der Waals surface area contributed by atoms with Crippen molar-refractivity contribution in [2.75, 3.05) is 6.54 Å². The molecule has 0 radical (unpaired) electrons. The van der Waals surface area contributed by atoms with E-state index in [1.807, 2.05) is 0 Å². The van der Waals surface area contributed by atoms with Crippen molar-refractivity contribution < 1.29 is 21.6 Å². The van der Waals surface area contributed by atoms with Crippen LogP contribution in [0.4, 0.5) is 13.2 Å². The maximum absolute atomic E-state index is 12.6. The Labute approximate surface area is 120 Å². The summed E-state index contributed by atoms with van der Waals surface area (Å²) in [7, 11) is -4.33. The molecule has 0 aliphatic carbocycles. The van der Waals surface area contributed by atoms with Gasteiger partial charge in [0.2, 0.25) is 10.0 Å². The molecule has 0 unspecified atom stereocenters. The van der Waals surface area contributed by atoms with Gasteiger partial charge < -0.3 is 0 Å². The van der Waals surface area contributed by atoms with E-state index < -0.39 is 28.8 Å². The predicted molar refractivity (Wildman–Crippen MR) is 68.0 cm³/mol. The largest absolute Gasteiger partial charge is 0.402 e. The Balaban J connectivity index is 3.34. The number of aryl methyl sites for hydroxylation is 1. The van der Waals surface area contributed by atoms with Gasteiger partial charge >= 0.3 is 6.18 Å². The minimum Gasteiger partial charge on any atom is -0.281 e. The third-order valence-electron chi connectivity index (χ3n) is 2.57. The van der Waals surface area contributed by atoms with E-state index in [2.05, 4.69) is 10.2 Å². The number of alkyl halides is 4.